The third-order valence-electron chi connectivity index (χ3n) is 4.04. The van der Waals surface area contributed by atoms with E-state index in [1.165, 1.54) is 5.56 Å². The molecule has 2 N–H and O–H groups in total. The highest BCUT2D eigenvalue weighted by atomic mass is 16.1. The summed E-state index contributed by atoms with van der Waals surface area (Å²) in [7, 11) is 0. The largest absolute Gasteiger partial charge is 0.366 e. The van der Waals surface area contributed by atoms with E-state index in [0.29, 0.717) is 30.4 Å². The molecule has 0 aliphatic heterocycles. The second-order valence-corrected chi connectivity index (χ2v) is 6.25. The minimum absolute atomic E-state index is 0.182. The fourth-order valence-electron chi connectivity index (χ4n) is 2.70. The van der Waals surface area contributed by atoms with Crippen molar-refractivity contribution in [2.75, 3.05) is 11.9 Å². The van der Waals surface area contributed by atoms with E-state index in [0.717, 1.165) is 18.4 Å². The maximum Gasteiger partial charge on any atom is 0.270 e. The van der Waals surface area contributed by atoms with Crippen molar-refractivity contribution in [1.29, 1.82) is 0 Å². The fraction of sp³-hybridized carbons (Fsp3) is 0.238. The maximum absolute atomic E-state index is 12.4. The summed E-state index contributed by atoms with van der Waals surface area (Å²) in [5, 5.41) is 6.15. The molecule has 2 aromatic heterocycles. The Hall–Kier alpha value is -3.28. The molecule has 0 spiro atoms. The predicted octanol–water partition coefficient (Wildman–Crippen LogP) is 3.15. The predicted molar refractivity (Wildman–Crippen MR) is 105 cm³/mol. The molecule has 2 heterocycles. The first-order chi connectivity index (χ1) is 13.2. The highest BCUT2D eigenvalue weighted by molar-refractivity contribution is 5.92. The Morgan fingerprint density at radius 3 is 2.63 bits per heavy atom. The molecule has 6 nitrogen and oxygen atoms in total. The first-order valence-corrected chi connectivity index (χ1v) is 9.01. The Labute approximate surface area is 159 Å². The molecule has 3 rings (SSSR count). The first kappa shape index (κ1) is 18.5. The molecular weight excluding hydrogens is 338 g/mol. The molecule has 0 unspecified atom stereocenters. The molecule has 0 aliphatic rings. The Morgan fingerprint density at radius 1 is 1.04 bits per heavy atom. The number of benzene rings is 1. The highest BCUT2D eigenvalue weighted by Gasteiger charge is 2.10. The van der Waals surface area contributed by atoms with Crippen molar-refractivity contribution >= 4 is 11.7 Å². The Balaban J connectivity index is 1.52. The minimum Gasteiger partial charge on any atom is -0.366 e. The lowest BCUT2D eigenvalue weighted by atomic mass is 10.1. The van der Waals surface area contributed by atoms with Crippen molar-refractivity contribution in [1.82, 2.24) is 20.3 Å². The van der Waals surface area contributed by atoms with Crippen LogP contribution in [0.5, 0.6) is 0 Å². The van der Waals surface area contributed by atoms with E-state index in [2.05, 4.69) is 37.7 Å². The molecule has 0 saturated heterocycles. The van der Waals surface area contributed by atoms with Crippen LogP contribution in [0, 0.1) is 6.92 Å². The number of pyridine rings is 1. The zero-order valence-electron chi connectivity index (χ0n) is 15.4. The number of anilines is 1. The Morgan fingerprint density at radius 2 is 1.85 bits per heavy atom. The SMILES string of the molecule is Cc1nc(NCc2cccnc2)cc(C(=O)NCCCc2ccccc2)n1. The van der Waals surface area contributed by atoms with Gasteiger partial charge in [-0.2, -0.15) is 0 Å². The lowest BCUT2D eigenvalue weighted by Gasteiger charge is -2.09. The van der Waals surface area contributed by atoms with Crippen LogP contribution in [0.1, 0.15) is 33.9 Å². The number of carbonyl (C=O) groups is 1. The zero-order valence-corrected chi connectivity index (χ0v) is 15.4. The summed E-state index contributed by atoms with van der Waals surface area (Å²) in [6.07, 6.45) is 5.34. The second-order valence-electron chi connectivity index (χ2n) is 6.25. The molecule has 138 valence electrons. The number of rotatable bonds is 8. The van der Waals surface area contributed by atoms with Crippen LogP contribution in [0.2, 0.25) is 0 Å². The number of carbonyl (C=O) groups excluding carboxylic acids is 1. The van der Waals surface area contributed by atoms with Gasteiger partial charge in [-0.25, -0.2) is 9.97 Å². The van der Waals surface area contributed by atoms with Gasteiger partial charge in [0, 0.05) is 31.5 Å². The third-order valence-corrected chi connectivity index (χ3v) is 4.04. The molecule has 0 aliphatic carbocycles. The second kappa shape index (κ2) is 9.43. The summed E-state index contributed by atoms with van der Waals surface area (Å²) in [5.41, 5.74) is 2.68. The molecule has 3 aromatic rings. The van der Waals surface area contributed by atoms with Crippen LogP contribution in [0.3, 0.4) is 0 Å². The van der Waals surface area contributed by atoms with Crippen molar-refractivity contribution in [2.24, 2.45) is 0 Å². The molecule has 0 radical (unpaired) electrons. The van der Waals surface area contributed by atoms with Gasteiger partial charge in [-0.1, -0.05) is 36.4 Å². The van der Waals surface area contributed by atoms with Gasteiger partial charge in [0.2, 0.25) is 0 Å². The number of hydrogen-bond acceptors (Lipinski definition) is 5. The van der Waals surface area contributed by atoms with Crippen molar-refractivity contribution in [2.45, 2.75) is 26.3 Å². The number of aromatic nitrogens is 3. The van der Waals surface area contributed by atoms with Crippen molar-refractivity contribution < 1.29 is 4.79 Å². The van der Waals surface area contributed by atoms with E-state index < -0.39 is 0 Å². The van der Waals surface area contributed by atoms with Crippen LogP contribution in [-0.2, 0) is 13.0 Å². The van der Waals surface area contributed by atoms with Crippen LogP contribution in [0.15, 0.2) is 60.9 Å². The topological polar surface area (TPSA) is 79.8 Å². The molecular formula is C21H23N5O. The van der Waals surface area contributed by atoms with E-state index in [4.69, 9.17) is 0 Å². The molecule has 6 heteroatoms. The van der Waals surface area contributed by atoms with Crippen LogP contribution in [0.4, 0.5) is 5.82 Å². The number of nitrogens with one attached hydrogen (secondary N) is 2. The first-order valence-electron chi connectivity index (χ1n) is 9.01. The zero-order chi connectivity index (χ0) is 18.9. The highest BCUT2D eigenvalue weighted by Crippen LogP contribution is 2.09. The summed E-state index contributed by atoms with van der Waals surface area (Å²) in [6, 6.07) is 15.8. The maximum atomic E-state index is 12.4. The van der Waals surface area contributed by atoms with E-state index in [-0.39, 0.29) is 5.91 Å². The smallest absolute Gasteiger partial charge is 0.270 e. The Bertz CT molecular complexity index is 868. The summed E-state index contributed by atoms with van der Waals surface area (Å²) in [6.45, 7) is 2.97. The van der Waals surface area contributed by atoms with Gasteiger partial charge in [0.15, 0.2) is 0 Å². The van der Waals surface area contributed by atoms with E-state index in [9.17, 15) is 4.79 Å². The fourth-order valence-corrected chi connectivity index (χ4v) is 2.70. The summed E-state index contributed by atoms with van der Waals surface area (Å²) >= 11 is 0. The number of hydrogen-bond donors (Lipinski definition) is 2. The van der Waals surface area contributed by atoms with Gasteiger partial charge in [0.1, 0.15) is 17.3 Å². The van der Waals surface area contributed by atoms with Gasteiger partial charge >= 0.3 is 0 Å². The van der Waals surface area contributed by atoms with Crippen molar-refractivity contribution in [3.05, 3.63) is 83.6 Å². The lowest BCUT2D eigenvalue weighted by molar-refractivity contribution is 0.0948. The standard InChI is InChI=1S/C21H23N5O/c1-16-25-19(13-20(26-16)24-15-18-10-5-11-22-14-18)21(27)23-12-6-9-17-7-3-2-4-8-17/h2-5,7-8,10-11,13-14H,6,9,12,15H2,1H3,(H,23,27)(H,24,25,26). The number of nitrogens with zero attached hydrogens (tertiary/aromatic N) is 3. The van der Waals surface area contributed by atoms with Gasteiger partial charge in [0.25, 0.3) is 5.91 Å². The quantitative estimate of drug-likeness (QED) is 0.603. The third kappa shape index (κ3) is 5.88. The van der Waals surface area contributed by atoms with E-state index in [1.54, 1.807) is 25.4 Å². The van der Waals surface area contributed by atoms with E-state index in [1.807, 2.05) is 30.3 Å². The van der Waals surface area contributed by atoms with Crippen LogP contribution >= 0.6 is 0 Å². The van der Waals surface area contributed by atoms with Crippen LogP contribution < -0.4 is 10.6 Å². The molecule has 0 bridgehead atoms. The Kier molecular flexibility index (Phi) is 6.46. The van der Waals surface area contributed by atoms with Crippen molar-refractivity contribution in [3.8, 4) is 0 Å². The average molecular weight is 361 g/mol. The van der Waals surface area contributed by atoms with Gasteiger partial charge in [-0.15, -0.1) is 0 Å². The molecule has 1 amide bonds. The van der Waals surface area contributed by atoms with Crippen molar-refractivity contribution in [3.63, 3.8) is 0 Å². The minimum atomic E-state index is -0.182. The van der Waals surface area contributed by atoms with Gasteiger partial charge in [0.05, 0.1) is 0 Å². The molecule has 0 atom stereocenters. The van der Waals surface area contributed by atoms with Crippen LogP contribution in [-0.4, -0.2) is 27.4 Å². The normalized spacial score (nSPS) is 10.4. The molecule has 1 aromatic carbocycles. The number of aryl methyl sites for hydroxylation is 2. The number of amides is 1. The summed E-state index contributed by atoms with van der Waals surface area (Å²) < 4.78 is 0. The van der Waals surface area contributed by atoms with Gasteiger partial charge < -0.3 is 10.6 Å². The van der Waals surface area contributed by atoms with Gasteiger partial charge in [-0.3, -0.25) is 9.78 Å². The summed E-state index contributed by atoms with van der Waals surface area (Å²) in [4.78, 5) is 25.1. The van der Waals surface area contributed by atoms with E-state index >= 15 is 0 Å². The summed E-state index contributed by atoms with van der Waals surface area (Å²) in [5.74, 6) is 0.999. The lowest BCUT2D eigenvalue weighted by Crippen LogP contribution is -2.26. The van der Waals surface area contributed by atoms with Crippen LogP contribution in [0.25, 0.3) is 0 Å². The van der Waals surface area contributed by atoms with Gasteiger partial charge in [-0.05, 0) is 37.0 Å². The monoisotopic (exact) mass is 361 g/mol. The average Bonchev–Trinajstić information content (AvgIpc) is 2.71. The molecule has 0 saturated carbocycles. The molecule has 0 fully saturated rings. The molecule has 27 heavy (non-hydrogen) atoms.